The highest BCUT2D eigenvalue weighted by Gasteiger charge is 2.25. The van der Waals surface area contributed by atoms with E-state index in [0.29, 0.717) is 37.7 Å². The lowest BCUT2D eigenvalue weighted by atomic mass is 10.1. The number of nitrogens with zero attached hydrogens (tertiary/aromatic N) is 3. The number of carbonyl (C=O) groups is 2. The maximum atomic E-state index is 12.3. The van der Waals surface area contributed by atoms with Gasteiger partial charge in [0.1, 0.15) is 18.0 Å². The summed E-state index contributed by atoms with van der Waals surface area (Å²) in [4.78, 5) is 32.9. The minimum absolute atomic E-state index is 0. The normalized spacial score (nSPS) is 14.2. The Morgan fingerprint density at radius 3 is 2.32 bits per heavy atom. The monoisotopic (exact) mass is 471 g/mol. The van der Waals surface area contributed by atoms with Gasteiger partial charge in [-0.15, -0.1) is 0 Å². The molecule has 1 fully saturated rings. The SMILES string of the molecule is C.CCOC(=O)c1cc(OCCN2CCN(C(=O)OC(C)(C)C)CC2)cc(-c2ccccc2)n1. The van der Waals surface area contributed by atoms with Gasteiger partial charge in [0.25, 0.3) is 0 Å². The third-order valence-corrected chi connectivity index (χ3v) is 5.05. The van der Waals surface area contributed by atoms with E-state index < -0.39 is 11.6 Å². The Balaban J connectivity index is 0.00000408. The van der Waals surface area contributed by atoms with Crippen LogP contribution in [0.3, 0.4) is 0 Å². The summed E-state index contributed by atoms with van der Waals surface area (Å²) >= 11 is 0. The number of piperazine rings is 1. The fourth-order valence-electron chi connectivity index (χ4n) is 3.43. The van der Waals surface area contributed by atoms with Crippen molar-refractivity contribution in [3.8, 4) is 17.0 Å². The molecule has 1 aliphatic heterocycles. The molecule has 1 amide bonds. The summed E-state index contributed by atoms with van der Waals surface area (Å²) < 4.78 is 16.6. The number of carbonyl (C=O) groups excluding carboxylic acids is 2. The third kappa shape index (κ3) is 8.02. The van der Waals surface area contributed by atoms with Crippen LogP contribution in [0, 0.1) is 0 Å². The molecule has 0 N–H and O–H groups in total. The van der Waals surface area contributed by atoms with Gasteiger partial charge in [0.05, 0.1) is 12.3 Å². The number of pyridine rings is 1. The van der Waals surface area contributed by atoms with Gasteiger partial charge in [-0.2, -0.15) is 0 Å². The summed E-state index contributed by atoms with van der Waals surface area (Å²) in [5, 5.41) is 0. The van der Waals surface area contributed by atoms with Gasteiger partial charge in [0.15, 0.2) is 5.69 Å². The van der Waals surface area contributed by atoms with Crippen LogP contribution in [0.15, 0.2) is 42.5 Å². The molecule has 0 unspecified atom stereocenters. The maximum absolute atomic E-state index is 12.3. The highest BCUT2D eigenvalue weighted by molar-refractivity contribution is 5.88. The van der Waals surface area contributed by atoms with Gasteiger partial charge in [-0.1, -0.05) is 37.8 Å². The van der Waals surface area contributed by atoms with Crippen molar-refractivity contribution in [2.24, 2.45) is 0 Å². The summed E-state index contributed by atoms with van der Waals surface area (Å²) in [5.41, 5.74) is 1.28. The van der Waals surface area contributed by atoms with E-state index in [1.165, 1.54) is 0 Å². The van der Waals surface area contributed by atoms with Crippen molar-refractivity contribution in [3.63, 3.8) is 0 Å². The van der Waals surface area contributed by atoms with E-state index in [1.807, 2.05) is 57.2 Å². The van der Waals surface area contributed by atoms with Crippen LogP contribution in [-0.4, -0.2) is 78.4 Å². The average molecular weight is 472 g/mol. The van der Waals surface area contributed by atoms with Crippen molar-refractivity contribution in [1.82, 2.24) is 14.8 Å². The number of rotatable bonds is 7. The number of aromatic nitrogens is 1. The molecule has 8 nitrogen and oxygen atoms in total. The zero-order chi connectivity index (χ0) is 23.8. The molecule has 1 aromatic heterocycles. The molecule has 0 saturated carbocycles. The average Bonchev–Trinajstić information content (AvgIpc) is 2.79. The smallest absolute Gasteiger partial charge is 0.410 e. The van der Waals surface area contributed by atoms with E-state index >= 15 is 0 Å². The number of hydrogen-bond donors (Lipinski definition) is 0. The molecule has 8 heteroatoms. The Bertz CT molecular complexity index is 935. The topological polar surface area (TPSA) is 81.2 Å². The quantitative estimate of drug-likeness (QED) is 0.550. The first-order valence-corrected chi connectivity index (χ1v) is 11.3. The predicted molar refractivity (Wildman–Crippen MR) is 132 cm³/mol. The molecule has 1 saturated heterocycles. The van der Waals surface area contributed by atoms with E-state index in [0.717, 1.165) is 18.7 Å². The molecular formula is C26H37N3O5. The number of amides is 1. The van der Waals surface area contributed by atoms with Crippen molar-refractivity contribution in [2.75, 3.05) is 45.9 Å². The largest absolute Gasteiger partial charge is 0.492 e. The minimum Gasteiger partial charge on any atom is -0.492 e. The Morgan fingerprint density at radius 1 is 1.03 bits per heavy atom. The molecule has 0 atom stereocenters. The first-order chi connectivity index (χ1) is 15.7. The zero-order valence-corrected chi connectivity index (χ0v) is 19.9. The fourth-order valence-corrected chi connectivity index (χ4v) is 3.43. The first-order valence-electron chi connectivity index (χ1n) is 11.3. The van der Waals surface area contributed by atoms with Crippen molar-refractivity contribution in [3.05, 3.63) is 48.2 Å². The van der Waals surface area contributed by atoms with Crippen LogP contribution in [0.25, 0.3) is 11.3 Å². The highest BCUT2D eigenvalue weighted by atomic mass is 16.6. The van der Waals surface area contributed by atoms with Crippen molar-refractivity contribution >= 4 is 12.1 Å². The molecule has 2 heterocycles. The van der Waals surface area contributed by atoms with Gasteiger partial charge in [-0.05, 0) is 27.7 Å². The van der Waals surface area contributed by atoms with Crippen LogP contribution < -0.4 is 4.74 Å². The lowest BCUT2D eigenvalue weighted by molar-refractivity contribution is 0.0136. The predicted octanol–water partition coefficient (Wildman–Crippen LogP) is 4.49. The van der Waals surface area contributed by atoms with Crippen molar-refractivity contribution in [1.29, 1.82) is 0 Å². The van der Waals surface area contributed by atoms with Crippen LogP contribution >= 0.6 is 0 Å². The molecule has 2 aromatic rings. The van der Waals surface area contributed by atoms with Gasteiger partial charge in [-0.25, -0.2) is 14.6 Å². The molecular weight excluding hydrogens is 434 g/mol. The molecule has 0 aliphatic carbocycles. The second kappa shape index (κ2) is 12.4. The Labute approximate surface area is 202 Å². The second-order valence-electron chi connectivity index (χ2n) is 8.82. The lowest BCUT2D eigenvalue weighted by Gasteiger charge is -2.35. The van der Waals surface area contributed by atoms with E-state index in [9.17, 15) is 9.59 Å². The molecule has 1 aliphatic rings. The highest BCUT2D eigenvalue weighted by Crippen LogP contribution is 2.24. The van der Waals surface area contributed by atoms with Gasteiger partial charge in [0.2, 0.25) is 0 Å². The van der Waals surface area contributed by atoms with E-state index in [2.05, 4.69) is 9.88 Å². The fraction of sp³-hybridized carbons (Fsp3) is 0.500. The zero-order valence-electron chi connectivity index (χ0n) is 19.9. The van der Waals surface area contributed by atoms with E-state index in [4.69, 9.17) is 14.2 Å². The van der Waals surface area contributed by atoms with Gasteiger partial charge >= 0.3 is 12.1 Å². The second-order valence-corrected chi connectivity index (χ2v) is 8.82. The molecule has 0 spiro atoms. The number of hydrogen-bond acceptors (Lipinski definition) is 7. The van der Waals surface area contributed by atoms with Gasteiger partial charge in [0, 0.05) is 50.4 Å². The molecule has 1 aromatic carbocycles. The third-order valence-electron chi connectivity index (χ3n) is 5.05. The molecule has 3 rings (SSSR count). The maximum Gasteiger partial charge on any atom is 0.410 e. The number of benzene rings is 1. The minimum atomic E-state index is -0.492. The Morgan fingerprint density at radius 2 is 1.71 bits per heavy atom. The van der Waals surface area contributed by atoms with Crippen molar-refractivity contribution in [2.45, 2.75) is 40.7 Å². The summed E-state index contributed by atoms with van der Waals surface area (Å²) in [6.45, 7) is 11.6. The first kappa shape index (κ1) is 27.1. The van der Waals surface area contributed by atoms with Crippen LogP contribution in [0.4, 0.5) is 4.79 Å². The van der Waals surface area contributed by atoms with Crippen molar-refractivity contribution < 1.29 is 23.8 Å². The van der Waals surface area contributed by atoms with E-state index in [1.54, 1.807) is 17.9 Å². The number of ether oxygens (including phenoxy) is 3. The van der Waals surface area contributed by atoms with Gasteiger partial charge in [-0.3, -0.25) is 4.90 Å². The standard InChI is InChI=1S/C25H33N3O5.CH4/c1-5-31-23(29)22-18-20(17-21(26-22)19-9-7-6-8-10-19)32-16-15-27-11-13-28(14-12-27)24(30)33-25(2,3)4;/h6-10,17-18H,5,11-16H2,1-4H3;1H4. The Kier molecular flexibility index (Phi) is 9.86. The van der Waals surface area contributed by atoms with Gasteiger partial charge < -0.3 is 19.1 Å². The lowest BCUT2D eigenvalue weighted by Crippen LogP contribution is -2.50. The number of esters is 1. The van der Waals surface area contributed by atoms with Crippen LogP contribution in [0.2, 0.25) is 0 Å². The van der Waals surface area contributed by atoms with E-state index in [-0.39, 0.29) is 25.8 Å². The molecule has 0 radical (unpaired) electrons. The van der Waals surface area contributed by atoms with Crippen LogP contribution in [0.5, 0.6) is 5.75 Å². The summed E-state index contributed by atoms with van der Waals surface area (Å²) in [7, 11) is 0. The van der Waals surface area contributed by atoms with Crippen LogP contribution in [0.1, 0.15) is 45.6 Å². The summed E-state index contributed by atoms with van der Waals surface area (Å²) in [5.74, 6) is 0.0951. The van der Waals surface area contributed by atoms with Crippen LogP contribution in [-0.2, 0) is 9.47 Å². The Hall–Kier alpha value is -3.13. The molecule has 34 heavy (non-hydrogen) atoms. The molecule has 0 bridgehead atoms. The molecule has 186 valence electrons. The summed E-state index contributed by atoms with van der Waals surface area (Å²) in [6, 6.07) is 13.1. The summed E-state index contributed by atoms with van der Waals surface area (Å²) in [6.07, 6.45) is -0.268.